The minimum absolute atomic E-state index is 0.102. The Morgan fingerprint density at radius 2 is 2.00 bits per heavy atom. The van der Waals surface area contributed by atoms with E-state index in [1.807, 2.05) is 65.0 Å². The Bertz CT molecular complexity index is 800. The van der Waals surface area contributed by atoms with Gasteiger partial charge in [-0.2, -0.15) is 0 Å². The zero-order chi connectivity index (χ0) is 23.7. The van der Waals surface area contributed by atoms with Gasteiger partial charge in [-0.1, -0.05) is 61.9 Å². The molecule has 0 radical (unpaired) electrons. The number of rotatable bonds is 12. The molecule has 1 aliphatic heterocycles. The van der Waals surface area contributed by atoms with Crippen LogP contribution < -0.4 is 0 Å². The number of benzene rings is 1. The van der Waals surface area contributed by atoms with Gasteiger partial charge in [-0.05, 0) is 45.1 Å². The largest absolute Gasteiger partial charge is 0.447 e. The molecule has 0 saturated carbocycles. The number of amides is 2. The van der Waals surface area contributed by atoms with Crippen LogP contribution in [0.1, 0.15) is 53.0 Å². The van der Waals surface area contributed by atoms with Crippen LogP contribution in [-0.2, 0) is 25.6 Å². The predicted octanol–water partition coefficient (Wildman–Crippen LogP) is 5.28. The summed E-state index contributed by atoms with van der Waals surface area (Å²) in [5, 5.41) is 0. The van der Waals surface area contributed by atoms with Crippen LogP contribution in [0.15, 0.2) is 54.6 Å². The fourth-order valence-corrected chi connectivity index (χ4v) is 3.62. The molecule has 176 valence electrons. The van der Waals surface area contributed by atoms with Gasteiger partial charge in [0.25, 0.3) is 5.91 Å². The van der Waals surface area contributed by atoms with Crippen molar-refractivity contribution in [1.82, 2.24) is 4.90 Å². The number of allylic oxidation sites excluding steroid dienone is 1. The zero-order valence-electron chi connectivity index (χ0n) is 20.0. The number of ether oxygens (including phenoxy) is 3. The molecular weight excluding hydrogens is 406 g/mol. The lowest BCUT2D eigenvalue weighted by Crippen LogP contribution is -2.48. The Morgan fingerprint density at radius 3 is 2.59 bits per heavy atom. The summed E-state index contributed by atoms with van der Waals surface area (Å²) >= 11 is 0. The second-order valence-corrected chi connectivity index (χ2v) is 9.05. The van der Waals surface area contributed by atoms with Gasteiger partial charge < -0.3 is 14.2 Å². The molecule has 0 unspecified atom stereocenters. The van der Waals surface area contributed by atoms with Gasteiger partial charge in [0.1, 0.15) is 13.2 Å². The molecule has 1 aromatic carbocycles. The van der Waals surface area contributed by atoms with Crippen LogP contribution in [0.25, 0.3) is 0 Å². The third-order valence-electron chi connectivity index (χ3n) is 5.74. The van der Waals surface area contributed by atoms with Gasteiger partial charge in [0.05, 0.1) is 24.4 Å². The molecule has 0 aliphatic carbocycles. The van der Waals surface area contributed by atoms with Crippen molar-refractivity contribution < 1.29 is 23.8 Å². The van der Waals surface area contributed by atoms with Gasteiger partial charge in [-0.15, -0.1) is 6.58 Å². The molecule has 2 amide bonds. The zero-order valence-corrected chi connectivity index (χ0v) is 20.0. The van der Waals surface area contributed by atoms with E-state index in [1.165, 1.54) is 4.90 Å². The number of hydrogen-bond donors (Lipinski definition) is 0. The van der Waals surface area contributed by atoms with Gasteiger partial charge >= 0.3 is 6.09 Å². The van der Waals surface area contributed by atoms with Crippen molar-refractivity contribution in [2.75, 3.05) is 13.2 Å². The fourth-order valence-electron chi connectivity index (χ4n) is 3.62. The third-order valence-corrected chi connectivity index (χ3v) is 5.74. The first-order valence-electron chi connectivity index (χ1n) is 11.2. The summed E-state index contributed by atoms with van der Waals surface area (Å²) in [5.74, 6) is -0.291. The molecule has 2 rings (SSSR count). The first kappa shape index (κ1) is 25.8. The Hall–Kier alpha value is -2.44. The van der Waals surface area contributed by atoms with Gasteiger partial charge in [0.15, 0.2) is 0 Å². The van der Waals surface area contributed by atoms with Gasteiger partial charge in [0, 0.05) is 0 Å². The van der Waals surface area contributed by atoms with Crippen molar-refractivity contribution in [3.8, 4) is 0 Å². The molecular formula is C26H37NO5. The molecule has 32 heavy (non-hydrogen) atoms. The highest BCUT2D eigenvalue weighted by molar-refractivity contribution is 5.94. The van der Waals surface area contributed by atoms with E-state index >= 15 is 0 Å². The number of carbonyl (C=O) groups excluding carboxylic acids is 2. The summed E-state index contributed by atoms with van der Waals surface area (Å²) in [5.41, 5.74) is 1.42. The SMILES string of the molecule is C=CC[C@@H](OCc1ccccc1)[C@](C)(CC=C(C)C)OCC(=O)N1C(=O)OC[C@@H]1C(C)C. The van der Waals surface area contributed by atoms with E-state index in [0.717, 1.165) is 11.1 Å². The van der Waals surface area contributed by atoms with Crippen molar-refractivity contribution >= 4 is 12.0 Å². The molecule has 1 saturated heterocycles. The molecule has 1 heterocycles. The van der Waals surface area contributed by atoms with Crippen LogP contribution in [0.2, 0.25) is 0 Å². The summed E-state index contributed by atoms with van der Waals surface area (Å²) < 4.78 is 17.6. The average Bonchev–Trinajstić information content (AvgIpc) is 3.16. The Balaban J connectivity index is 2.17. The minimum Gasteiger partial charge on any atom is -0.447 e. The highest BCUT2D eigenvalue weighted by Crippen LogP contribution is 2.29. The van der Waals surface area contributed by atoms with Crippen LogP contribution in [-0.4, -0.2) is 47.9 Å². The van der Waals surface area contributed by atoms with E-state index in [4.69, 9.17) is 14.2 Å². The Morgan fingerprint density at radius 1 is 1.31 bits per heavy atom. The molecule has 1 aromatic rings. The normalized spacial score (nSPS) is 18.8. The van der Waals surface area contributed by atoms with Crippen molar-refractivity contribution in [1.29, 1.82) is 0 Å². The molecule has 0 aromatic heterocycles. The summed E-state index contributed by atoms with van der Waals surface area (Å²) in [4.78, 5) is 26.3. The second-order valence-electron chi connectivity index (χ2n) is 9.05. The van der Waals surface area contributed by atoms with Gasteiger partial charge in [0.2, 0.25) is 0 Å². The monoisotopic (exact) mass is 443 g/mol. The number of nitrogens with zero attached hydrogens (tertiary/aromatic N) is 1. The molecule has 1 fully saturated rings. The third kappa shape index (κ3) is 7.04. The van der Waals surface area contributed by atoms with Crippen LogP contribution in [0.5, 0.6) is 0 Å². The first-order valence-corrected chi connectivity index (χ1v) is 11.2. The van der Waals surface area contributed by atoms with E-state index in [1.54, 1.807) is 6.08 Å². The molecule has 0 N–H and O–H groups in total. The van der Waals surface area contributed by atoms with Crippen LogP contribution in [0.3, 0.4) is 0 Å². The fraction of sp³-hybridized carbons (Fsp3) is 0.538. The molecule has 0 bridgehead atoms. The summed E-state index contributed by atoms with van der Waals surface area (Å²) in [6.45, 7) is 14.2. The summed E-state index contributed by atoms with van der Waals surface area (Å²) in [6, 6.07) is 9.65. The maximum Gasteiger partial charge on any atom is 0.417 e. The molecule has 0 spiro atoms. The van der Waals surface area contributed by atoms with E-state index in [-0.39, 0.29) is 31.3 Å². The molecule has 1 aliphatic rings. The summed E-state index contributed by atoms with van der Waals surface area (Å²) in [7, 11) is 0. The van der Waals surface area contributed by atoms with E-state index < -0.39 is 17.6 Å². The van der Waals surface area contributed by atoms with Crippen molar-refractivity contribution in [2.45, 2.75) is 71.8 Å². The average molecular weight is 444 g/mol. The predicted molar refractivity (Wildman–Crippen MR) is 125 cm³/mol. The number of cyclic esters (lactones) is 1. The highest BCUT2D eigenvalue weighted by Gasteiger charge is 2.41. The lowest BCUT2D eigenvalue weighted by molar-refractivity contribution is -0.160. The van der Waals surface area contributed by atoms with Crippen LogP contribution in [0, 0.1) is 5.92 Å². The van der Waals surface area contributed by atoms with Crippen molar-refractivity contribution in [2.24, 2.45) is 5.92 Å². The maximum atomic E-state index is 12.9. The molecule has 3 atom stereocenters. The van der Waals surface area contributed by atoms with Crippen molar-refractivity contribution in [3.63, 3.8) is 0 Å². The quantitative estimate of drug-likeness (QED) is 0.411. The molecule has 6 heteroatoms. The second kappa shape index (κ2) is 12.0. The summed E-state index contributed by atoms with van der Waals surface area (Å²) in [6.07, 6.45) is 4.07. The van der Waals surface area contributed by atoms with Crippen LogP contribution in [0.4, 0.5) is 4.79 Å². The number of imide groups is 1. The van der Waals surface area contributed by atoms with Gasteiger partial charge in [-0.25, -0.2) is 9.69 Å². The smallest absolute Gasteiger partial charge is 0.417 e. The molecule has 6 nitrogen and oxygen atoms in total. The van der Waals surface area contributed by atoms with Crippen molar-refractivity contribution in [3.05, 3.63) is 60.2 Å². The van der Waals surface area contributed by atoms with Gasteiger partial charge in [-0.3, -0.25) is 4.79 Å². The minimum atomic E-state index is -0.785. The number of carbonyl (C=O) groups is 2. The first-order chi connectivity index (χ1) is 15.2. The van der Waals surface area contributed by atoms with E-state index in [2.05, 4.69) is 12.7 Å². The lowest BCUT2D eigenvalue weighted by atomic mass is 9.91. The Kier molecular flexibility index (Phi) is 9.66. The number of hydrogen-bond acceptors (Lipinski definition) is 5. The topological polar surface area (TPSA) is 65.1 Å². The standard InChI is InChI=1S/C26H37NO5/c1-7-11-23(30-16-21-12-9-8-10-13-21)26(6,15-14-19(2)3)32-18-24(28)27-22(20(4)5)17-31-25(27)29/h7-10,12-14,20,22-23H,1,11,15-18H2,2-6H3/t22-,23-,26+/m1/s1. The lowest BCUT2D eigenvalue weighted by Gasteiger charge is -2.37. The highest BCUT2D eigenvalue weighted by atomic mass is 16.6. The van der Waals surface area contributed by atoms with Crippen LogP contribution >= 0.6 is 0 Å². The van der Waals surface area contributed by atoms with E-state index in [0.29, 0.717) is 19.4 Å². The maximum absolute atomic E-state index is 12.9. The van der Waals surface area contributed by atoms with E-state index in [9.17, 15) is 9.59 Å². The Labute approximate surface area is 192 Å².